The molecule has 0 fully saturated rings. The second-order valence-corrected chi connectivity index (χ2v) is 5.49. The van der Waals surface area contributed by atoms with Crippen LogP contribution in [0.3, 0.4) is 0 Å². The third-order valence-electron chi connectivity index (χ3n) is 2.04. The number of hydrogen-bond acceptors (Lipinski definition) is 2. The summed E-state index contributed by atoms with van der Waals surface area (Å²) in [6.07, 6.45) is 1.03. The van der Waals surface area contributed by atoms with Crippen molar-refractivity contribution in [2.24, 2.45) is 5.92 Å². The molecule has 1 atom stereocenters. The quantitative estimate of drug-likeness (QED) is 0.668. The molecule has 2 nitrogen and oxygen atoms in total. The van der Waals surface area contributed by atoms with Crippen molar-refractivity contribution in [3.05, 3.63) is 29.8 Å². The van der Waals surface area contributed by atoms with Gasteiger partial charge in [0.05, 0.1) is 0 Å². The van der Waals surface area contributed by atoms with Crippen molar-refractivity contribution in [3.8, 4) is 0 Å². The molecular formula is C10H15O2STe+. The van der Waals surface area contributed by atoms with Gasteiger partial charge in [-0.3, -0.25) is 0 Å². The zero-order chi connectivity index (χ0) is 10.6. The monoisotopic (exact) mass is 329 g/mol. The maximum absolute atomic E-state index is 10.6. The van der Waals surface area contributed by atoms with E-state index in [2.05, 4.69) is 6.92 Å². The molecule has 1 aromatic rings. The van der Waals surface area contributed by atoms with Crippen LogP contribution in [-0.4, -0.2) is 30.7 Å². The van der Waals surface area contributed by atoms with Gasteiger partial charge in [0, 0.05) is 0 Å². The Kier molecular flexibility index (Phi) is 4.94. The Labute approximate surface area is 101 Å². The summed E-state index contributed by atoms with van der Waals surface area (Å²) in [6, 6.07) is 7.15. The van der Waals surface area contributed by atoms with Crippen molar-refractivity contribution >= 4 is 33.0 Å². The summed E-state index contributed by atoms with van der Waals surface area (Å²) in [6.45, 7) is 2.21. The molecule has 1 rings (SSSR count). The third-order valence-corrected chi connectivity index (χ3v) is 4.54. The van der Waals surface area contributed by atoms with E-state index in [1.807, 2.05) is 34.4 Å². The Morgan fingerprint density at radius 1 is 1.36 bits per heavy atom. The predicted octanol–water partition coefficient (Wildman–Crippen LogP) is 1.27. The van der Waals surface area contributed by atoms with Gasteiger partial charge in [-0.25, -0.2) is 0 Å². The van der Waals surface area contributed by atoms with Gasteiger partial charge in [0.2, 0.25) is 0 Å². The molecule has 1 aromatic carbocycles. The largest absolute Gasteiger partial charge is 1.00 e. The van der Waals surface area contributed by atoms with E-state index in [-0.39, 0.29) is 1.43 Å². The molecule has 1 unspecified atom stereocenters. The molecule has 78 valence electrons. The molecule has 14 heavy (non-hydrogen) atoms. The SMILES string of the molecule is CC(C[TeH])Cc1ccc([SH](=O)=O)cc1.[H+]. The average Bonchev–Trinajstić information content (AvgIpc) is 2.18. The van der Waals surface area contributed by atoms with Crippen molar-refractivity contribution in [1.29, 1.82) is 0 Å². The van der Waals surface area contributed by atoms with E-state index >= 15 is 0 Å². The second-order valence-electron chi connectivity index (χ2n) is 3.42. The molecule has 0 aromatic heterocycles. The first-order valence-corrected chi connectivity index (χ1v) is 7.46. The van der Waals surface area contributed by atoms with Crippen molar-refractivity contribution in [1.82, 2.24) is 0 Å². The second kappa shape index (κ2) is 5.75. The Morgan fingerprint density at radius 3 is 2.36 bits per heavy atom. The Morgan fingerprint density at radius 2 is 1.93 bits per heavy atom. The molecule has 0 saturated heterocycles. The van der Waals surface area contributed by atoms with Gasteiger partial charge in [0.15, 0.2) is 0 Å². The van der Waals surface area contributed by atoms with E-state index in [1.165, 1.54) is 10.0 Å². The van der Waals surface area contributed by atoms with E-state index in [0.29, 0.717) is 10.8 Å². The number of rotatable bonds is 4. The molecule has 0 N–H and O–H groups in total. The zero-order valence-corrected chi connectivity index (χ0v) is 11.5. The summed E-state index contributed by atoms with van der Waals surface area (Å²) in [5.41, 5.74) is 1.22. The van der Waals surface area contributed by atoms with Crippen LogP contribution >= 0.6 is 0 Å². The molecule has 0 spiro atoms. The van der Waals surface area contributed by atoms with Crippen LogP contribution in [0.2, 0.25) is 4.47 Å². The zero-order valence-electron chi connectivity index (χ0n) is 9.01. The van der Waals surface area contributed by atoms with Gasteiger partial charge in [0.25, 0.3) is 0 Å². The third kappa shape index (κ3) is 3.61. The minimum atomic E-state index is -2.43. The summed E-state index contributed by atoms with van der Waals surface area (Å²) < 4.78 is 22.5. The van der Waals surface area contributed by atoms with Gasteiger partial charge in [-0.1, -0.05) is 0 Å². The smallest absolute Gasteiger partial charge is 1.00 e. The van der Waals surface area contributed by atoms with Gasteiger partial charge in [0.1, 0.15) is 0 Å². The molecule has 4 heteroatoms. The van der Waals surface area contributed by atoms with Crippen LogP contribution in [-0.2, 0) is 17.1 Å². The van der Waals surface area contributed by atoms with Gasteiger partial charge in [-0.15, -0.1) is 0 Å². The molecule has 0 radical (unpaired) electrons. The minimum Gasteiger partial charge on any atom is 1.00 e. The van der Waals surface area contributed by atoms with Gasteiger partial charge in [-0.2, -0.15) is 0 Å². The first-order chi connectivity index (χ1) is 6.63. The first-order valence-electron chi connectivity index (χ1n) is 4.47. The molecule has 0 amide bonds. The van der Waals surface area contributed by atoms with Crippen LogP contribution in [0.25, 0.3) is 0 Å². The Hall–Kier alpha value is -0.0404. The fourth-order valence-electron chi connectivity index (χ4n) is 1.22. The number of benzene rings is 1. The standard InChI is InChI=1S/C10H14O2STe/c1-8(7-14)6-9-2-4-10(5-3-9)13(11)12/h2-5,8,13-14H,6-7H2,1H3/p+1. The fourth-order valence-corrected chi connectivity index (χ4v) is 1.98. The first kappa shape index (κ1) is 12.0. The molecule has 0 bridgehead atoms. The van der Waals surface area contributed by atoms with Crippen LogP contribution in [0.1, 0.15) is 13.9 Å². The van der Waals surface area contributed by atoms with Crippen molar-refractivity contribution in [2.75, 3.05) is 0 Å². The minimum absolute atomic E-state index is 0. The summed E-state index contributed by atoms with van der Waals surface area (Å²) in [5, 5.41) is 0. The molecule has 0 aliphatic rings. The van der Waals surface area contributed by atoms with Crippen molar-refractivity contribution in [2.45, 2.75) is 22.7 Å². The summed E-state index contributed by atoms with van der Waals surface area (Å²) in [4.78, 5) is 0.399. The van der Waals surface area contributed by atoms with Gasteiger partial charge >= 0.3 is 101 Å². The summed E-state index contributed by atoms with van der Waals surface area (Å²) >= 11 is 1.83. The molecule has 0 aliphatic heterocycles. The predicted molar refractivity (Wildman–Crippen MR) is 61.0 cm³/mol. The normalized spacial score (nSPS) is 13.1. The molecular weight excluding hydrogens is 312 g/mol. The van der Waals surface area contributed by atoms with Crippen molar-refractivity contribution < 1.29 is 9.84 Å². The summed E-state index contributed by atoms with van der Waals surface area (Å²) in [5.74, 6) is 0.677. The van der Waals surface area contributed by atoms with E-state index in [0.717, 1.165) is 6.42 Å². The van der Waals surface area contributed by atoms with E-state index in [4.69, 9.17) is 0 Å². The van der Waals surface area contributed by atoms with Crippen LogP contribution < -0.4 is 0 Å². The van der Waals surface area contributed by atoms with Crippen LogP contribution in [0, 0.1) is 5.92 Å². The summed E-state index contributed by atoms with van der Waals surface area (Å²) in [7, 11) is -2.43. The maximum Gasteiger partial charge on any atom is 1.00 e. The Bertz CT molecular complexity index is 354. The van der Waals surface area contributed by atoms with Crippen LogP contribution in [0.5, 0.6) is 0 Å². The topological polar surface area (TPSA) is 34.1 Å². The van der Waals surface area contributed by atoms with Crippen LogP contribution in [0.15, 0.2) is 29.2 Å². The number of hydrogen-bond donors (Lipinski definition) is 1. The van der Waals surface area contributed by atoms with Gasteiger partial charge in [-0.05, 0) is 0 Å². The fraction of sp³-hybridized carbons (Fsp3) is 0.400. The maximum atomic E-state index is 10.6. The molecule has 0 heterocycles. The van der Waals surface area contributed by atoms with E-state index < -0.39 is 10.7 Å². The molecule has 0 aliphatic carbocycles. The van der Waals surface area contributed by atoms with Crippen LogP contribution in [0.4, 0.5) is 0 Å². The Balaban J connectivity index is 0.00000196. The average molecular weight is 327 g/mol. The number of thiol groups is 1. The van der Waals surface area contributed by atoms with Gasteiger partial charge < -0.3 is 0 Å². The van der Waals surface area contributed by atoms with E-state index in [1.54, 1.807) is 12.1 Å². The van der Waals surface area contributed by atoms with Crippen molar-refractivity contribution in [3.63, 3.8) is 0 Å². The molecule has 0 saturated carbocycles. The van der Waals surface area contributed by atoms with E-state index in [9.17, 15) is 8.42 Å².